The van der Waals surface area contributed by atoms with E-state index in [0.717, 1.165) is 32.1 Å². The molecule has 1 aliphatic carbocycles. The van der Waals surface area contributed by atoms with Crippen molar-refractivity contribution >= 4 is 5.91 Å². The molecular formula is C17H25NO2. The Morgan fingerprint density at radius 1 is 1.30 bits per heavy atom. The molecule has 1 aromatic carbocycles. The molecule has 1 saturated carbocycles. The van der Waals surface area contributed by atoms with Gasteiger partial charge in [0, 0.05) is 12.5 Å². The van der Waals surface area contributed by atoms with Crippen molar-refractivity contribution in [3.63, 3.8) is 0 Å². The van der Waals surface area contributed by atoms with Crippen molar-refractivity contribution in [3.05, 3.63) is 35.4 Å². The van der Waals surface area contributed by atoms with Crippen LogP contribution >= 0.6 is 0 Å². The Morgan fingerprint density at radius 3 is 2.50 bits per heavy atom. The van der Waals surface area contributed by atoms with Gasteiger partial charge < -0.3 is 10.4 Å². The molecule has 3 nitrogen and oxygen atoms in total. The molecule has 20 heavy (non-hydrogen) atoms. The zero-order chi connectivity index (χ0) is 14.6. The van der Waals surface area contributed by atoms with E-state index in [-0.39, 0.29) is 11.8 Å². The van der Waals surface area contributed by atoms with Crippen LogP contribution in [0.1, 0.15) is 43.7 Å². The van der Waals surface area contributed by atoms with E-state index in [1.165, 1.54) is 11.1 Å². The largest absolute Gasteiger partial charge is 0.388 e. The molecule has 0 aromatic heterocycles. The lowest BCUT2D eigenvalue weighted by molar-refractivity contribution is -0.125. The quantitative estimate of drug-likeness (QED) is 0.868. The highest BCUT2D eigenvalue weighted by Crippen LogP contribution is 2.28. The molecule has 1 aliphatic rings. The van der Waals surface area contributed by atoms with Gasteiger partial charge >= 0.3 is 0 Å². The van der Waals surface area contributed by atoms with E-state index in [0.29, 0.717) is 6.54 Å². The number of aliphatic hydroxyl groups is 1. The van der Waals surface area contributed by atoms with Crippen LogP contribution in [-0.4, -0.2) is 23.2 Å². The van der Waals surface area contributed by atoms with Crippen LogP contribution in [0.15, 0.2) is 24.3 Å². The van der Waals surface area contributed by atoms with Gasteiger partial charge in [-0.3, -0.25) is 4.79 Å². The lowest BCUT2D eigenvalue weighted by Crippen LogP contribution is -2.42. The zero-order valence-electron chi connectivity index (χ0n) is 12.5. The fourth-order valence-corrected chi connectivity index (χ4v) is 2.81. The maximum atomic E-state index is 12.1. The molecule has 2 N–H and O–H groups in total. The molecule has 0 bridgehead atoms. The Hall–Kier alpha value is -1.35. The molecule has 1 amide bonds. The Kier molecular flexibility index (Phi) is 4.81. The molecule has 110 valence electrons. The van der Waals surface area contributed by atoms with Crippen molar-refractivity contribution < 1.29 is 9.90 Å². The topological polar surface area (TPSA) is 49.3 Å². The Labute approximate surface area is 121 Å². The van der Waals surface area contributed by atoms with Crippen LogP contribution < -0.4 is 5.32 Å². The summed E-state index contributed by atoms with van der Waals surface area (Å²) in [4.78, 5) is 12.1. The van der Waals surface area contributed by atoms with E-state index in [2.05, 4.69) is 36.5 Å². The number of hydrogen-bond acceptors (Lipinski definition) is 2. The van der Waals surface area contributed by atoms with E-state index in [4.69, 9.17) is 0 Å². The minimum absolute atomic E-state index is 0.0332. The normalized spacial score (nSPS) is 18.8. The van der Waals surface area contributed by atoms with Crippen molar-refractivity contribution in [2.75, 3.05) is 6.54 Å². The molecule has 1 aromatic rings. The number of nitrogens with one attached hydrogen (secondary N) is 1. The lowest BCUT2D eigenvalue weighted by atomic mass is 9.98. The summed E-state index contributed by atoms with van der Waals surface area (Å²) < 4.78 is 0. The molecule has 0 saturated heterocycles. The van der Waals surface area contributed by atoms with Gasteiger partial charge in [-0.2, -0.15) is 0 Å². The smallest absolute Gasteiger partial charge is 0.223 e. The monoisotopic (exact) mass is 275 g/mol. The molecule has 1 atom stereocenters. The van der Waals surface area contributed by atoms with Crippen LogP contribution in [-0.2, 0) is 11.2 Å². The van der Waals surface area contributed by atoms with Gasteiger partial charge in [-0.05, 0) is 31.7 Å². The maximum Gasteiger partial charge on any atom is 0.223 e. The number of rotatable bonds is 5. The molecule has 3 heteroatoms. The summed E-state index contributed by atoms with van der Waals surface area (Å²) in [5, 5.41) is 13.1. The highest BCUT2D eigenvalue weighted by Gasteiger charge is 2.31. The van der Waals surface area contributed by atoms with Gasteiger partial charge in [-0.15, -0.1) is 0 Å². The molecule has 2 rings (SSSR count). The Balaban J connectivity index is 1.81. The van der Waals surface area contributed by atoms with Crippen LogP contribution in [0.25, 0.3) is 0 Å². The first kappa shape index (κ1) is 15.0. The fourth-order valence-electron chi connectivity index (χ4n) is 2.81. The molecule has 0 spiro atoms. The summed E-state index contributed by atoms with van der Waals surface area (Å²) in [6, 6.07) is 8.29. The second-order valence-electron chi connectivity index (χ2n) is 6.24. The predicted molar refractivity (Wildman–Crippen MR) is 80.5 cm³/mol. The second kappa shape index (κ2) is 6.40. The number of carbonyl (C=O) groups excluding carboxylic acids is 1. The molecule has 1 fully saturated rings. The third-order valence-electron chi connectivity index (χ3n) is 4.24. The molecular weight excluding hydrogens is 250 g/mol. The van der Waals surface area contributed by atoms with Crippen molar-refractivity contribution in [1.29, 1.82) is 0 Å². The third kappa shape index (κ3) is 4.07. The summed E-state index contributed by atoms with van der Waals surface area (Å²) in [6.07, 6.45) is 4.47. The zero-order valence-corrected chi connectivity index (χ0v) is 12.5. The minimum Gasteiger partial charge on any atom is -0.388 e. The number of aryl methyl sites for hydroxylation is 1. The first-order valence-electron chi connectivity index (χ1n) is 7.54. The first-order valence-corrected chi connectivity index (χ1v) is 7.54. The SMILES string of the molecule is Cc1ccc(CC(C)C(=O)NCC2(O)CCCC2)cc1. The van der Waals surface area contributed by atoms with Crippen LogP contribution in [0, 0.1) is 12.8 Å². The Bertz CT molecular complexity index is 447. The fraction of sp³-hybridized carbons (Fsp3) is 0.588. The maximum absolute atomic E-state index is 12.1. The van der Waals surface area contributed by atoms with Gasteiger partial charge in [0.05, 0.1) is 5.60 Å². The molecule has 1 unspecified atom stereocenters. The highest BCUT2D eigenvalue weighted by atomic mass is 16.3. The molecule has 0 aliphatic heterocycles. The van der Waals surface area contributed by atoms with Gasteiger partial charge in [-0.1, -0.05) is 49.6 Å². The molecule has 0 radical (unpaired) electrons. The predicted octanol–water partition coefficient (Wildman–Crippen LogP) is 2.59. The van der Waals surface area contributed by atoms with Gasteiger partial charge in [0.15, 0.2) is 0 Å². The summed E-state index contributed by atoms with van der Waals surface area (Å²) >= 11 is 0. The van der Waals surface area contributed by atoms with Crippen molar-refractivity contribution in [1.82, 2.24) is 5.32 Å². The summed E-state index contributed by atoms with van der Waals surface area (Å²) in [7, 11) is 0. The second-order valence-corrected chi connectivity index (χ2v) is 6.24. The van der Waals surface area contributed by atoms with Crippen molar-refractivity contribution in [2.24, 2.45) is 5.92 Å². The summed E-state index contributed by atoms with van der Waals surface area (Å²) in [5.41, 5.74) is 1.74. The van der Waals surface area contributed by atoms with Crippen LogP contribution in [0.3, 0.4) is 0 Å². The minimum atomic E-state index is -0.667. The lowest BCUT2D eigenvalue weighted by Gasteiger charge is -2.23. The van der Waals surface area contributed by atoms with Crippen LogP contribution in [0.4, 0.5) is 0 Å². The number of carbonyl (C=O) groups is 1. The summed E-state index contributed by atoms with van der Waals surface area (Å²) in [5.74, 6) is -0.0337. The van der Waals surface area contributed by atoms with Gasteiger partial charge in [-0.25, -0.2) is 0 Å². The van der Waals surface area contributed by atoms with Crippen LogP contribution in [0.5, 0.6) is 0 Å². The van der Waals surface area contributed by atoms with Gasteiger partial charge in [0.2, 0.25) is 5.91 Å². The Morgan fingerprint density at radius 2 is 1.90 bits per heavy atom. The van der Waals surface area contributed by atoms with E-state index >= 15 is 0 Å². The molecule has 0 heterocycles. The van der Waals surface area contributed by atoms with E-state index in [1.54, 1.807) is 0 Å². The highest BCUT2D eigenvalue weighted by molar-refractivity contribution is 5.78. The van der Waals surface area contributed by atoms with Crippen LogP contribution in [0.2, 0.25) is 0 Å². The average molecular weight is 275 g/mol. The first-order chi connectivity index (χ1) is 9.48. The van der Waals surface area contributed by atoms with Crippen molar-refractivity contribution in [2.45, 2.75) is 51.6 Å². The van der Waals surface area contributed by atoms with Gasteiger partial charge in [0.1, 0.15) is 0 Å². The standard InChI is InChI=1S/C17H25NO2/c1-13-5-7-15(8-6-13)11-14(2)16(19)18-12-17(20)9-3-4-10-17/h5-8,14,20H,3-4,9-12H2,1-2H3,(H,18,19). The number of amides is 1. The third-order valence-corrected chi connectivity index (χ3v) is 4.24. The summed E-state index contributed by atoms with van der Waals surface area (Å²) in [6.45, 7) is 4.39. The van der Waals surface area contributed by atoms with E-state index in [9.17, 15) is 9.90 Å². The van der Waals surface area contributed by atoms with E-state index in [1.807, 2.05) is 6.92 Å². The number of benzene rings is 1. The van der Waals surface area contributed by atoms with Gasteiger partial charge in [0.25, 0.3) is 0 Å². The number of hydrogen-bond donors (Lipinski definition) is 2. The van der Waals surface area contributed by atoms with E-state index < -0.39 is 5.60 Å². The average Bonchev–Trinajstić information content (AvgIpc) is 2.86. The van der Waals surface area contributed by atoms with Crippen molar-refractivity contribution in [3.8, 4) is 0 Å².